The molecular formula is C18H18N4O2S. The molecule has 1 aromatic carbocycles. The number of nitrogens with one attached hydrogen (secondary N) is 1. The Hall–Kier alpha value is -2.80. The van der Waals surface area contributed by atoms with Gasteiger partial charge in [-0.1, -0.05) is 42.9 Å². The number of unbranched alkanes of at least 4 members (excludes halogenated alkanes) is 1. The number of ether oxygens (including phenoxy) is 1. The van der Waals surface area contributed by atoms with Crippen LogP contribution in [0.15, 0.2) is 48.7 Å². The molecule has 0 unspecified atom stereocenters. The quantitative estimate of drug-likeness (QED) is 0.684. The number of aryl methyl sites for hydroxylation is 1. The minimum Gasteiger partial charge on any atom is -0.438 e. The Morgan fingerprint density at radius 2 is 2.00 bits per heavy atom. The predicted octanol–water partition coefficient (Wildman–Crippen LogP) is 4.32. The Balaban J connectivity index is 1.73. The first-order chi connectivity index (χ1) is 12.3. The lowest BCUT2D eigenvalue weighted by molar-refractivity contribution is 0.102. The number of benzene rings is 1. The van der Waals surface area contributed by atoms with Crippen molar-refractivity contribution in [2.75, 3.05) is 5.32 Å². The molecule has 6 nitrogen and oxygen atoms in total. The fraction of sp³-hybridized carbons (Fsp3) is 0.222. The number of pyridine rings is 1. The molecule has 0 aliphatic carbocycles. The van der Waals surface area contributed by atoms with E-state index in [9.17, 15) is 4.79 Å². The van der Waals surface area contributed by atoms with Gasteiger partial charge in [0.15, 0.2) is 0 Å². The van der Waals surface area contributed by atoms with Crippen LogP contribution >= 0.6 is 11.3 Å². The van der Waals surface area contributed by atoms with Gasteiger partial charge in [0.05, 0.1) is 0 Å². The fourth-order valence-corrected chi connectivity index (χ4v) is 2.92. The number of carbonyl (C=O) groups excluding carboxylic acids is 1. The standard InChI is InChI=1S/C18H18N4O2S/c1-2-3-11-15-21-22-18(25-15)20-16(23)14-10-7-12-19-17(14)24-13-8-5-4-6-9-13/h4-10,12H,2-3,11H2,1H3,(H,20,22,23). The molecule has 2 heterocycles. The lowest BCUT2D eigenvalue weighted by atomic mass is 10.2. The monoisotopic (exact) mass is 354 g/mol. The summed E-state index contributed by atoms with van der Waals surface area (Å²) in [5, 5.41) is 12.3. The zero-order valence-electron chi connectivity index (χ0n) is 13.8. The maximum atomic E-state index is 12.6. The summed E-state index contributed by atoms with van der Waals surface area (Å²) in [4.78, 5) is 16.7. The maximum absolute atomic E-state index is 12.6. The van der Waals surface area contributed by atoms with Gasteiger partial charge in [0, 0.05) is 12.6 Å². The van der Waals surface area contributed by atoms with Gasteiger partial charge in [0.1, 0.15) is 16.3 Å². The number of aromatic nitrogens is 3. The second-order valence-corrected chi connectivity index (χ2v) is 6.39. The van der Waals surface area contributed by atoms with Gasteiger partial charge in [-0.2, -0.15) is 0 Å². The van der Waals surface area contributed by atoms with Gasteiger partial charge in [-0.3, -0.25) is 10.1 Å². The molecule has 128 valence electrons. The molecule has 7 heteroatoms. The van der Waals surface area contributed by atoms with Gasteiger partial charge in [-0.15, -0.1) is 10.2 Å². The van der Waals surface area contributed by atoms with Crippen LogP contribution < -0.4 is 10.1 Å². The van der Waals surface area contributed by atoms with E-state index >= 15 is 0 Å². The van der Waals surface area contributed by atoms with E-state index in [1.54, 1.807) is 30.5 Å². The summed E-state index contributed by atoms with van der Waals surface area (Å²) in [6, 6.07) is 12.6. The van der Waals surface area contributed by atoms with Crippen molar-refractivity contribution in [3.63, 3.8) is 0 Å². The number of hydrogen-bond donors (Lipinski definition) is 1. The average Bonchev–Trinajstić information content (AvgIpc) is 3.08. The van der Waals surface area contributed by atoms with Crippen LogP contribution in [0.1, 0.15) is 35.1 Å². The zero-order chi connectivity index (χ0) is 17.5. The largest absolute Gasteiger partial charge is 0.438 e. The summed E-state index contributed by atoms with van der Waals surface area (Å²) < 4.78 is 5.72. The summed E-state index contributed by atoms with van der Waals surface area (Å²) in [6.45, 7) is 2.13. The third-order valence-electron chi connectivity index (χ3n) is 3.41. The van der Waals surface area contributed by atoms with E-state index in [2.05, 4.69) is 27.4 Å². The highest BCUT2D eigenvalue weighted by molar-refractivity contribution is 7.15. The van der Waals surface area contributed by atoms with Crippen molar-refractivity contribution in [2.24, 2.45) is 0 Å². The van der Waals surface area contributed by atoms with Crippen LogP contribution in [0.4, 0.5) is 5.13 Å². The third kappa shape index (κ3) is 4.60. The molecular weight excluding hydrogens is 336 g/mol. The van der Waals surface area contributed by atoms with E-state index in [1.807, 2.05) is 18.2 Å². The number of hydrogen-bond acceptors (Lipinski definition) is 6. The topological polar surface area (TPSA) is 77.0 Å². The summed E-state index contributed by atoms with van der Waals surface area (Å²) in [5.74, 6) is 0.548. The number of rotatable bonds is 7. The van der Waals surface area contributed by atoms with Gasteiger partial charge in [0.2, 0.25) is 11.0 Å². The lowest BCUT2D eigenvalue weighted by Crippen LogP contribution is -2.13. The van der Waals surface area contributed by atoms with Crippen molar-refractivity contribution in [2.45, 2.75) is 26.2 Å². The second-order valence-electron chi connectivity index (χ2n) is 5.33. The first-order valence-electron chi connectivity index (χ1n) is 8.08. The predicted molar refractivity (Wildman–Crippen MR) is 97.2 cm³/mol. The van der Waals surface area contributed by atoms with E-state index in [4.69, 9.17) is 4.74 Å². The molecule has 0 fully saturated rings. The third-order valence-corrected chi connectivity index (χ3v) is 4.30. The van der Waals surface area contributed by atoms with E-state index in [-0.39, 0.29) is 11.8 Å². The molecule has 3 aromatic rings. The summed E-state index contributed by atoms with van der Waals surface area (Å²) >= 11 is 1.39. The van der Waals surface area contributed by atoms with Crippen LogP contribution in [0.3, 0.4) is 0 Å². The van der Waals surface area contributed by atoms with Crippen molar-refractivity contribution in [1.82, 2.24) is 15.2 Å². The number of amides is 1. The molecule has 0 spiro atoms. The molecule has 1 amide bonds. The second kappa shape index (κ2) is 8.34. The fourth-order valence-electron chi connectivity index (χ4n) is 2.14. The Morgan fingerprint density at radius 1 is 1.16 bits per heavy atom. The van der Waals surface area contributed by atoms with Crippen LogP contribution in [0.2, 0.25) is 0 Å². The number of nitrogens with zero attached hydrogens (tertiary/aromatic N) is 3. The Morgan fingerprint density at radius 3 is 2.80 bits per heavy atom. The molecule has 0 saturated carbocycles. The first-order valence-corrected chi connectivity index (χ1v) is 8.89. The number of para-hydroxylation sites is 1. The molecule has 0 bridgehead atoms. The van der Waals surface area contributed by atoms with Gasteiger partial charge in [0.25, 0.3) is 5.91 Å². The van der Waals surface area contributed by atoms with E-state index < -0.39 is 0 Å². The smallest absolute Gasteiger partial charge is 0.262 e. The molecule has 0 atom stereocenters. The normalized spacial score (nSPS) is 10.4. The first kappa shape index (κ1) is 17.0. The number of anilines is 1. The molecule has 2 aromatic heterocycles. The summed E-state index contributed by atoms with van der Waals surface area (Å²) in [6.07, 6.45) is 4.61. The summed E-state index contributed by atoms with van der Waals surface area (Å²) in [7, 11) is 0. The molecule has 3 rings (SSSR count). The Bertz CT molecular complexity index is 836. The van der Waals surface area contributed by atoms with Gasteiger partial charge in [-0.05, 0) is 30.7 Å². The van der Waals surface area contributed by atoms with E-state index in [0.29, 0.717) is 16.4 Å². The lowest BCUT2D eigenvalue weighted by Gasteiger charge is -2.08. The minimum absolute atomic E-state index is 0.252. The number of carbonyl (C=O) groups is 1. The molecule has 25 heavy (non-hydrogen) atoms. The molecule has 0 saturated heterocycles. The van der Waals surface area contributed by atoms with Gasteiger partial charge in [-0.25, -0.2) is 4.98 Å². The average molecular weight is 354 g/mol. The van der Waals surface area contributed by atoms with Crippen molar-refractivity contribution in [3.8, 4) is 11.6 Å². The van der Waals surface area contributed by atoms with Crippen molar-refractivity contribution >= 4 is 22.4 Å². The van der Waals surface area contributed by atoms with E-state index in [0.717, 1.165) is 24.3 Å². The van der Waals surface area contributed by atoms with Crippen molar-refractivity contribution in [1.29, 1.82) is 0 Å². The SMILES string of the molecule is CCCCc1nnc(NC(=O)c2cccnc2Oc2ccccc2)s1. The van der Waals surface area contributed by atoms with Gasteiger partial charge >= 0.3 is 0 Å². The highest BCUT2D eigenvalue weighted by atomic mass is 32.1. The molecule has 0 aliphatic heterocycles. The van der Waals surface area contributed by atoms with Crippen molar-refractivity contribution < 1.29 is 9.53 Å². The van der Waals surface area contributed by atoms with Gasteiger partial charge < -0.3 is 4.74 Å². The zero-order valence-corrected chi connectivity index (χ0v) is 14.6. The van der Waals surface area contributed by atoms with Crippen LogP contribution in [-0.4, -0.2) is 21.1 Å². The Kier molecular flexibility index (Phi) is 5.69. The summed E-state index contributed by atoms with van der Waals surface area (Å²) in [5.41, 5.74) is 0.344. The maximum Gasteiger partial charge on any atom is 0.262 e. The van der Waals surface area contributed by atoms with Crippen LogP contribution in [0.5, 0.6) is 11.6 Å². The molecule has 1 N–H and O–H groups in total. The molecule has 0 aliphatic rings. The molecule has 0 radical (unpaired) electrons. The highest BCUT2D eigenvalue weighted by Gasteiger charge is 2.16. The van der Waals surface area contributed by atoms with Crippen LogP contribution in [0, 0.1) is 0 Å². The highest BCUT2D eigenvalue weighted by Crippen LogP contribution is 2.24. The minimum atomic E-state index is -0.322. The van der Waals surface area contributed by atoms with Crippen LogP contribution in [-0.2, 0) is 6.42 Å². The Labute approximate surface area is 149 Å². The van der Waals surface area contributed by atoms with E-state index in [1.165, 1.54) is 11.3 Å². The van der Waals surface area contributed by atoms with Crippen molar-refractivity contribution in [3.05, 3.63) is 59.2 Å². The van der Waals surface area contributed by atoms with Crippen LogP contribution in [0.25, 0.3) is 0 Å².